The van der Waals surface area contributed by atoms with E-state index in [9.17, 15) is 4.79 Å². The monoisotopic (exact) mass is 395 g/mol. The molecule has 1 spiro atoms. The van der Waals surface area contributed by atoms with E-state index < -0.39 is 0 Å². The minimum atomic E-state index is -0.254. The van der Waals surface area contributed by atoms with Gasteiger partial charge in [-0.3, -0.25) is 0 Å². The quantitative estimate of drug-likeness (QED) is 0.498. The number of allylic oxidation sites excluding steroid dienone is 3. The number of hydrogen-bond acceptors (Lipinski definition) is 3. The largest absolute Gasteiger partial charge is 0.447 e. The van der Waals surface area contributed by atoms with Gasteiger partial charge in [-0.25, -0.2) is 4.79 Å². The second-order valence-corrected chi connectivity index (χ2v) is 8.95. The van der Waals surface area contributed by atoms with Gasteiger partial charge in [0.25, 0.3) is 0 Å². The zero-order valence-electron chi connectivity index (χ0n) is 17.7. The molecule has 1 aromatic carbocycles. The highest BCUT2D eigenvalue weighted by molar-refractivity contribution is 5.71. The molecule has 1 amide bonds. The molecule has 1 N–H and O–H groups in total. The van der Waals surface area contributed by atoms with Crippen molar-refractivity contribution >= 4 is 12.2 Å². The number of ether oxygens (including phenoxy) is 2. The summed E-state index contributed by atoms with van der Waals surface area (Å²) in [5, 5.41) is 3.05. The zero-order chi connectivity index (χ0) is 20.3. The van der Waals surface area contributed by atoms with E-state index in [4.69, 9.17) is 9.47 Å². The summed E-state index contributed by atoms with van der Waals surface area (Å²) >= 11 is 0. The van der Waals surface area contributed by atoms with Crippen molar-refractivity contribution in [2.45, 2.75) is 63.3 Å². The van der Waals surface area contributed by atoms with Crippen LogP contribution in [0.15, 0.2) is 35.9 Å². The summed E-state index contributed by atoms with van der Waals surface area (Å²) in [7, 11) is 1.76. The molecule has 1 aliphatic heterocycles. The predicted molar refractivity (Wildman–Crippen MR) is 116 cm³/mol. The zero-order valence-corrected chi connectivity index (χ0v) is 17.7. The number of carbonyl (C=O) groups excluding carboxylic acids is 1. The van der Waals surface area contributed by atoms with Crippen molar-refractivity contribution in [3.8, 4) is 0 Å². The van der Waals surface area contributed by atoms with Crippen LogP contribution in [0.25, 0.3) is 6.08 Å². The molecule has 1 saturated carbocycles. The second-order valence-electron chi connectivity index (χ2n) is 8.95. The first kappa shape index (κ1) is 20.2. The van der Waals surface area contributed by atoms with Gasteiger partial charge in [0.15, 0.2) is 0 Å². The van der Waals surface area contributed by atoms with Crippen molar-refractivity contribution in [2.75, 3.05) is 20.3 Å². The fourth-order valence-corrected chi connectivity index (χ4v) is 5.06. The first-order chi connectivity index (χ1) is 14.1. The van der Waals surface area contributed by atoms with Crippen LogP contribution in [-0.4, -0.2) is 32.0 Å². The van der Waals surface area contributed by atoms with E-state index in [0.29, 0.717) is 18.4 Å². The van der Waals surface area contributed by atoms with Crippen LogP contribution < -0.4 is 5.32 Å². The van der Waals surface area contributed by atoms with E-state index in [1.807, 2.05) is 0 Å². The van der Waals surface area contributed by atoms with Gasteiger partial charge in [0.1, 0.15) is 6.61 Å². The predicted octanol–water partition coefficient (Wildman–Crippen LogP) is 5.38. The Balaban J connectivity index is 1.40. The molecule has 2 fully saturated rings. The van der Waals surface area contributed by atoms with Gasteiger partial charge < -0.3 is 14.8 Å². The van der Waals surface area contributed by atoms with Gasteiger partial charge in [-0.1, -0.05) is 48.9 Å². The highest BCUT2D eigenvalue weighted by Crippen LogP contribution is 2.43. The fraction of sp³-hybridized carbons (Fsp3) is 0.560. The van der Waals surface area contributed by atoms with Crippen molar-refractivity contribution < 1.29 is 14.3 Å². The second kappa shape index (κ2) is 8.74. The van der Waals surface area contributed by atoms with Crippen molar-refractivity contribution in [3.05, 3.63) is 52.6 Å². The lowest BCUT2D eigenvalue weighted by molar-refractivity contribution is 0.172. The molecule has 2 aliphatic carbocycles. The summed E-state index contributed by atoms with van der Waals surface area (Å²) in [6, 6.07) is 7.01. The normalized spacial score (nSPS) is 27.0. The van der Waals surface area contributed by atoms with Crippen molar-refractivity contribution in [1.29, 1.82) is 0 Å². The van der Waals surface area contributed by atoms with Crippen LogP contribution in [0.5, 0.6) is 0 Å². The SMILES string of the molecule is COCCC/C=C/C(C)C1=Cc2ccc(C3CC[C@]4(COC(=O)N4)C3)cc2CC1. The lowest BCUT2D eigenvalue weighted by atomic mass is 9.83. The van der Waals surface area contributed by atoms with Crippen LogP contribution in [0.4, 0.5) is 4.79 Å². The third-order valence-electron chi connectivity index (χ3n) is 6.85. The molecule has 2 unspecified atom stereocenters. The maximum Gasteiger partial charge on any atom is 0.407 e. The smallest absolute Gasteiger partial charge is 0.407 e. The highest BCUT2D eigenvalue weighted by atomic mass is 16.6. The number of unbranched alkanes of at least 4 members (excludes halogenated alkanes) is 1. The summed E-state index contributed by atoms with van der Waals surface area (Å²) in [5.41, 5.74) is 5.66. The summed E-state index contributed by atoms with van der Waals surface area (Å²) in [5.74, 6) is 1.01. The number of nitrogens with one attached hydrogen (secondary N) is 1. The maximum absolute atomic E-state index is 11.5. The molecule has 1 heterocycles. The number of aryl methyl sites for hydroxylation is 1. The van der Waals surface area contributed by atoms with Crippen LogP contribution in [0.2, 0.25) is 0 Å². The number of rotatable bonds is 7. The molecule has 0 bridgehead atoms. The van der Waals surface area contributed by atoms with Gasteiger partial charge in [-0.2, -0.15) is 0 Å². The lowest BCUT2D eigenvalue weighted by Crippen LogP contribution is -2.40. The standard InChI is InChI=1S/C25H33NO3/c1-18(6-4-3-5-13-28-2)19-7-8-21-15-22(10-9-20(21)14-19)23-11-12-25(16-23)17-29-24(27)26-25/h4,6,9-10,14-15,18,23H,3,5,7-8,11-13,16-17H2,1-2H3,(H,26,27)/b6-4+/t18?,23?,25-/m1/s1. The average Bonchev–Trinajstić information content (AvgIpc) is 3.32. The van der Waals surface area contributed by atoms with Crippen LogP contribution in [0.1, 0.15) is 68.1 Å². The number of methoxy groups -OCH3 is 1. The van der Waals surface area contributed by atoms with Crippen LogP contribution in [0.3, 0.4) is 0 Å². The van der Waals surface area contributed by atoms with Gasteiger partial charge >= 0.3 is 6.09 Å². The number of hydrogen-bond donors (Lipinski definition) is 1. The molecular weight excluding hydrogens is 362 g/mol. The molecule has 4 rings (SSSR count). The molecule has 29 heavy (non-hydrogen) atoms. The van der Waals surface area contributed by atoms with Crippen LogP contribution in [-0.2, 0) is 15.9 Å². The molecular formula is C25H33NO3. The Bertz CT molecular complexity index is 812. The number of fused-ring (bicyclic) bond motifs is 1. The molecule has 4 heteroatoms. The Morgan fingerprint density at radius 1 is 1.38 bits per heavy atom. The number of carbonyl (C=O) groups is 1. The molecule has 156 valence electrons. The molecule has 3 aliphatic rings. The van der Waals surface area contributed by atoms with E-state index in [0.717, 1.165) is 51.6 Å². The van der Waals surface area contributed by atoms with Gasteiger partial charge in [0, 0.05) is 13.7 Å². The van der Waals surface area contributed by atoms with Crippen molar-refractivity contribution in [2.24, 2.45) is 5.92 Å². The number of amides is 1. The fourth-order valence-electron chi connectivity index (χ4n) is 5.06. The highest BCUT2D eigenvalue weighted by Gasteiger charge is 2.45. The maximum atomic E-state index is 11.5. The van der Waals surface area contributed by atoms with E-state index in [-0.39, 0.29) is 11.6 Å². The van der Waals surface area contributed by atoms with Gasteiger partial charge in [-0.05, 0) is 73.5 Å². The number of benzene rings is 1. The van der Waals surface area contributed by atoms with E-state index in [1.54, 1.807) is 7.11 Å². The van der Waals surface area contributed by atoms with E-state index >= 15 is 0 Å². The molecule has 0 aromatic heterocycles. The molecule has 3 atom stereocenters. The summed E-state index contributed by atoms with van der Waals surface area (Å²) in [4.78, 5) is 11.5. The Hall–Kier alpha value is -2.07. The van der Waals surface area contributed by atoms with Crippen LogP contribution >= 0.6 is 0 Å². The average molecular weight is 396 g/mol. The molecule has 0 radical (unpaired) electrons. The Labute approximate surface area is 174 Å². The van der Waals surface area contributed by atoms with Gasteiger partial charge in [-0.15, -0.1) is 0 Å². The Kier molecular flexibility index (Phi) is 6.09. The number of alkyl carbamates (subject to hydrolysis) is 1. The Morgan fingerprint density at radius 3 is 3.07 bits per heavy atom. The molecule has 1 aromatic rings. The van der Waals surface area contributed by atoms with E-state index in [1.165, 1.54) is 22.3 Å². The first-order valence-electron chi connectivity index (χ1n) is 11.0. The molecule has 4 nitrogen and oxygen atoms in total. The third-order valence-corrected chi connectivity index (χ3v) is 6.85. The van der Waals surface area contributed by atoms with Gasteiger partial charge in [0.05, 0.1) is 5.54 Å². The first-order valence-corrected chi connectivity index (χ1v) is 11.0. The van der Waals surface area contributed by atoms with E-state index in [2.05, 4.69) is 48.7 Å². The summed E-state index contributed by atoms with van der Waals surface area (Å²) < 4.78 is 10.3. The minimum Gasteiger partial charge on any atom is -0.447 e. The van der Waals surface area contributed by atoms with Crippen LogP contribution in [0, 0.1) is 5.92 Å². The number of cyclic esters (lactones) is 1. The summed E-state index contributed by atoms with van der Waals surface area (Å²) in [6.45, 7) is 3.66. The van der Waals surface area contributed by atoms with Crippen molar-refractivity contribution in [1.82, 2.24) is 5.32 Å². The Morgan fingerprint density at radius 2 is 2.28 bits per heavy atom. The lowest BCUT2D eigenvalue weighted by Gasteiger charge is -2.23. The topological polar surface area (TPSA) is 47.6 Å². The minimum absolute atomic E-state index is 0.129. The molecule has 1 saturated heterocycles. The van der Waals surface area contributed by atoms with Crippen molar-refractivity contribution in [3.63, 3.8) is 0 Å². The summed E-state index contributed by atoms with van der Waals surface area (Å²) in [6.07, 6.45) is 14.3. The van der Waals surface area contributed by atoms with Gasteiger partial charge in [0.2, 0.25) is 0 Å². The third kappa shape index (κ3) is 4.58.